The van der Waals surface area contributed by atoms with Crippen LogP contribution in [0.5, 0.6) is 0 Å². The number of esters is 3. The minimum Gasteiger partial charge on any atom is -0.462 e. The van der Waals surface area contributed by atoms with Crippen LogP contribution in [0.15, 0.2) is 109 Å². The Hall–Kier alpha value is -3.93. The fourth-order valence-electron chi connectivity index (χ4n) is 7.42. The first-order valence-electron chi connectivity index (χ1n) is 27.9. The molecule has 1 atom stereocenters. The number of hydrogen-bond acceptors (Lipinski definition) is 6. The number of carbonyl (C=O) groups excluding carboxylic acids is 3. The van der Waals surface area contributed by atoms with Gasteiger partial charge in [-0.3, -0.25) is 14.4 Å². The normalized spacial score (nSPS) is 12.9. The highest BCUT2D eigenvalue weighted by Gasteiger charge is 2.19. The summed E-state index contributed by atoms with van der Waals surface area (Å²) in [4.78, 5) is 38.1. The maximum atomic E-state index is 12.8. The highest BCUT2D eigenvalue weighted by atomic mass is 16.6. The van der Waals surface area contributed by atoms with Gasteiger partial charge in [0.1, 0.15) is 13.2 Å². The fourth-order valence-corrected chi connectivity index (χ4v) is 7.42. The molecule has 0 aromatic heterocycles. The fraction of sp³-hybridized carbons (Fsp3) is 0.661. The number of carbonyl (C=O) groups is 3. The molecule has 0 radical (unpaired) electrons. The van der Waals surface area contributed by atoms with Gasteiger partial charge >= 0.3 is 17.9 Å². The molecule has 0 spiro atoms. The summed E-state index contributed by atoms with van der Waals surface area (Å²) >= 11 is 0. The van der Waals surface area contributed by atoms with Crippen molar-refractivity contribution in [2.45, 2.75) is 252 Å². The molecule has 0 saturated heterocycles. The first-order valence-corrected chi connectivity index (χ1v) is 27.9. The molecule has 0 amide bonds. The standard InChI is InChI=1S/C62H102O6/c1-4-7-10-13-16-19-22-25-27-29-31-33-34-37-40-43-46-49-52-55-61(64)67-58-59(57-66-60(63)54-51-48-45-42-39-36-24-21-18-15-12-9-6-3)68-62(65)56-53-50-47-44-41-38-35-32-30-28-26-23-20-17-14-11-8-5-2/h7,9-10,12,15-16,18-19,21,24-25,27-28,30-33,35,59H,4-6,8,11,13-14,17,20,22-23,26,29,34,36-58H2,1-3H3/b10-7-,12-9-,18-15-,19-16-,24-21-,27-25-,30-28-,33-31-,35-32-. The second-order valence-corrected chi connectivity index (χ2v) is 18.2. The van der Waals surface area contributed by atoms with Gasteiger partial charge < -0.3 is 14.2 Å². The summed E-state index contributed by atoms with van der Waals surface area (Å²) in [5, 5.41) is 0. The monoisotopic (exact) mass is 943 g/mol. The number of unbranched alkanes of at least 4 members (excludes halogenated alkanes) is 23. The molecule has 386 valence electrons. The lowest BCUT2D eigenvalue weighted by atomic mass is 10.1. The van der Waals surface area contributed by atoms with Crippen LogP contribution in [0.4, 0.5) is 0 Å². The zero-order valence-electron chi connectivity index (χ0n) is 44.1. The lowest BCUT2D eigenvalue weighted by molar-refractivity contribution is -0.167. The number of hydrogen-bond donors (Lipinski definition) is 0. The molecule has 0 aliphatic carbocycles. The molecule has 0 heterocycles. The van der Waals surface area contributed by atoms with Crippen molar-refractivity contribution in [1.82, 2.24) is 0 Å². The number of allylic oxidation sites excluding steroid dienone is 18. The summed E-state index contributed by atoms with van der Waals surface area (Å²) in [7, 11) is 0. The molecule has 6 nitrogen and oxygen atoms in total. The molecule has 0 aromatic carbocycles. The molecule has 68 heavy (non-hydrogen) atoms. The van der Waals surface area contributed by atoms with Crippen LogP contribution in [0, 0.1) is 0 Å². The number of ether oxygens (including phenoxy) is 3. The van der Waals surface area contributed by atoms with Crippen molar-refractivity contribution in [2.75, 3.05) is 13.2 Å². The van der Waals surface area contributed by atoms with E-state index >= 15 is 0 Å². The van der Waals surface area contributed by atoms with Crippen LogP contribution in [0.2, 0.25) is 0 Å². The van der Waals surface area contributed by atoms with E-state index in [1.807, 2.05) is 0 Å². The van der Waals surface area contributed by atoms with Crippen LogP contribution >= 0.6 is 0 Å². The van der Waals surface area contributed by atoms with Crippen LogP contribution in [-0.4, -0.2) is 37.2 Å². The second kappa shape index (κ2) is 55.7. The van der Waals surface area contributed by atoms with Gasteiger partial charge in [-0.05, 0) is 103 Å². The van der Waals surface area contributed by atoms with Crippen molar-refractivity contribution in [3.8, 4) is 0 Å². The zero-order chi connectivity index (χ0) is 49.3. The van der Waals surface area contributed by atoms with E-state index in [0.717, 1.165) is 141 Å². The molecule has 0 aliphatic heterocycles. The van der Waals surface area contributed by atoms with Gasteiger partial charge in [0.2, 0.25) is 0 Å². The van der Waals surface area contributed by atoms with Gasteiger partial charge in [-0.15, -0.1) is 0 Å². The molecule has 0 bridgehead atoms. The van der Waals surface area contributed by atoms with E-state index in [1.54, 1.807) is 0 Å². The van der Waals surface area contributed by atoms with Crippen molar-refractivity contribution in [2.24, 2.45) is 0 Å². The number of rotatable bonds is 49. The molecule has 0 aromatic rings. The molecular weight excluding hydrogens is 841 g/mol. The largest absolute Gasteiger partial charge is 0.462 e. The summed E-state index contributed by atoms with van der Waals surface area (Å²) in [6, 6.07) is 0. The molecule has 0 fully saturated rings. The van der Waals surface area contributed by atoms with Gasteiger partial charge in [-0.1, -0.05) is 233 Å². The maximum Gasteiger partial charge on any atom is 0.306 e. The minimum absolute atomic E-state index is 0.101. The van der Waals surface area contributed by atoms with E-state index in [9.17, 15) is 14.4 Å². The Bertz CT molecular complexity index is 1410. The highest BCUT2D eigenvalue weighted by molar-refractivity contribution is 5.71. The topological polar surface area (TPSA) is 78.9 Å². The van der Waals surface area contributed by atoms with E-state index < -0.39 is 6.10 Å². The average Bonchev–Trinajstić information content (AvgIpc) is 3.34. The second-order valence-electron chi connectivity index (χ2n) is 18.2. The first kappa shape index (κ1) is 64.1. The van der Waals surface area contributed by atoms with Crippen molar-refractivity contribution in [3.63, 3.8) is 0 Å². The van der Waals surface area contributed by atoms with E-state index in [0.29, 0.717) is 19.3 Å². The van der Waals surface area contributed by atoms with E-state index in [-0.39, 0.29) is 31.1 Å². The lowest BCUT2D eigenvalue weighted by Crippen LogP contribution is -2.30. The maximum absolute atomic E-state index is 12.8. The van der Waals surface area contributed by atoms with Crippen molar-refractivity contribution in [3.05, 3.63) is 109 Å². The zero-order valence-corrected chi connectivity index (χ0v) is 44.1. The third kappa shape index (κ3) is 53.0. The predicted octanol–water partition coefficient (Wildman–Crippen LogP) is 18.7. The minimum atomic E-state index is -0.803. The summed E-state index contributed by atoms with van der Waals surface area (Å²) in [6.07, 6.45) is 75.0. The van der Waals surface area contributed by atoms with E-state index in [2.05, 4.69) is 130 Å². The Kier molecular flexibility index (Phi) is 52.4. The van der Waals surface area contributed by atoms with E-state index in [4.69, 9.17) is 14.2 Å². The van der Waals surface area contributed by atoms with Gasteiger partial charge in [0, 0.05) is 19.3 Å². The Balaban J connectivity index is 4.46. The lowest BCUT2D eigenvalue weighted by Gasteiger charge is -2.18. The molecular formula is C62H102O6. The molecule has 0 saturated carbocycles. The summed E-state index contributed by atoms with van der Waals surface area (Å²) in [5.41, 5.74) is 0. The van der Waals surface area contributed by atoms with Gasteiger partial charge in [0.25, 0.3) is 0 Å². The van der Waals surface area contributed by atoms with E-state index in [1.165, 1.54) is 64.2 Å². The Labute approximate surface area is 419 Å². The Morgan fingerprint density at radius 2 is 0.647 bits per heavy atom. The molecule has 0 rings (SSSR count). The summed E-state index contributed by atoms with van der Waals surface area (Å²) in [6.45, 7) is 6.34. The van der Waals surface area contributed by atoms with Crippen LogP contribution in [0.1, 0.15) is 245 Å². The average molecular weight is 943 g/mol. The quantitative estimate of drug-likeness (QED) is 0.0199. The smallest absolute Gasteiger partial charge is 0.306 e. The molecule has 6 heteroatoms. The van der Waals surface area contributed by atoms with Gasteiger partial charge in [-0.25, -0.2) is 0 Å². The van der Waals surface area contributed by atoms with Crippen molar-refractivity contribution < 1.29 is 28.6 Å². The highest BCUT2D eigenvalue weighted by Crippen LogP contribution is 2.14. The van der Waals surface area contributed by atoms with Gasteiger partial charge in [0.05, 0.1) is 0 Å². The summed E-state index contributed by atoms with van der Waals surface area (Å²) < 4.78 is 16.8. The van der Waals surface area contributed by atoms with Crippen LogP contribution < -0.4 is 0 Å². The predicted molar refractivity (Wildman–Crippen MR) is 293 cm³/mol. The van der Waals surface area contributed by atoms with Crippen LogP contribution in [0.25, 0.3) is 0 Å². The first-order chi connectivity index (χ1) is 33.5. The van der Waals surface area contributed by atoms with Crippen molar-refractivity contribution in [1.29, 1.82) is 0 Å². The summed E-state index contributed by atoms with van der Waals surface area (Å²) in [5.74, 6) is -0.950. The molecule has 1 unspecified atom stereocenters. The Morgan fingerprint density at radius 1 is 0.324 bits per heavy atom. The third-order valence-electron chi connectivity index (χ3n) is 11.6. The SMILES string of the molecule is CC\C=C/C=C\C=C/CCCCCCCC(=O)OCC(COC(=O)CCCCCCCC/C=C\C/C=C\C/C=C\C/C=C\CC)OC(=O)CCCCCCC/C=C\C=C/CCCCCCCCC. The van der Waals surface area contributed by atoms with Gasteiger partial charge in [-0.2, -0.15) is 0 Å². The van der Waals surface area contributed by atoms with Crippen LogP contribution in [0.3, 0.4) is 0 Å². The molecule has 0 aliphatic rings. The van der Waals surface area contributed by atoms with Crippen molar-refractivity contribution >= 4 is 17.9 Å². The van der Waals surface area contributed by atoms with Crippen LogP contribution in [-0.2, 0) is 28.6 Å². The Morgan fingerprint density at radius 3 is 1.07 bits per heavy atom. The molecule has 0 N–H and O–H groups in total. The van der Waals surface area contributed by atoms with Gasteiger partial charge in [0.15, 0.2) is 6.10 Å². The third-order valence-corrected chi connectivity index (χ3v) is 11.6.